The third-order valence-electron chi connectivity index (χ3n) is 5.58. The van der Waals surface area contributed by atoms with Crippen LogP contribution in [-0.2, 0) is 11.3 Å². The van der Waals surface area contributed by atoms with E-state index in [1.54, 1.807) is 41.9 Å². The molecule has 0 atom stereocenters. The quantitative estimate of drug-likeness (QED) is 0.470. The van der Waals surface area contributed by atoms with E-state index in [-0.39, 0.29) is 30.9 Å². The highest BCUT2D eigenvalue weighted by Crippen LogP contribution is 2.18. The van der Waals surface area contributed by atoms with Gasteiger partial charge in [-0.3, -0.25) is 19.6 Å². The summed E-state index contributed by atoms with van der Waals surface area (Å²) in [6.07, 6.45) is 5.39. The van der Waals surface area contributed by atoms with Gasteiger partial charge in [0.15, 0.2) is 0 Å². The molecule has 0 saturated heterocycles. The first-order valence-electron chi connectivity index (χ1n) is 10.6. The van der Waals surface area contributed by atoms with Crippen molar-refractivity contribution in [1.29, 1.82) is 0 Å². The Labute approximate surface area is 182 Å². The molecule has 0 bridgehead atoms. The zero-order valence-corrected chi connectivity index (χ0v) is 17.8. The number of aryl methyl sites for hydroxylation is 1. The van der Waals surface area contributed by atoms with E-state index in [1.165, 1.54) is 11.3 Å². The van der Waals surface area contributed by atoms with Crippen LogP contribution >= 0.6 is 0 Å². The van der Waals surface area contributed by atoms with Gasteiger partial charge < -0.3 is 10.2 Å². The summed E-state index contributed by atoms with van der Waals surface area (Å²) in [7, 11) is 0. The molecule has 164 valence electrons. The van der Waals surface area contributed by atoms with Crippen molar-refractivity contribution in [2.24, 2.45) is 0 Å². The number of amides is 3. The van der Waals surface area contributed by atoms with Crippen LogP contribution in [0, 0.1) is 6.92 Å². The summed E-state index contributed by atoms with van der Waals surface area (Å²) in [6.45, 7) is 2.14. The van der Waals surface area contributed by atoms with Gasteiger partial charge in [-0.2, -0.15) is 0 Å². The van der Waals surface area contributed by atoms with Gasteiger partial charge in [0.25, 0.3) is 11.8 Å². The maximum absolute atomic E-state index is 13.2. The number of benzene rings is 2. The predicted octanol–water partition coefficient (Wildman–Crippen LogP) is 3.21. The normalized spacial score (nSPS) is 14.0. The highest BCUT2D eigenvalue weighted by Gasteiger charge is 2.22. The first kappa shape index (κ1) is 22.5. The van der Waals surface area contributed by atoms with Crippen LogP contribution in [-0.4, -0.2) is 40.4 Å². The fraction of sp³-hybridized carbons (Fsp3) is 0.375. The molecule has 1 fully saturated rings. The van der Waals surface area contributed by atoms with Crippen LogP contribution < -0.4 is 10.8 Å². The van der Waals surface area contributed by atoms with Gasteiger partial charge in [0.05, 0.1) is 0 Å². The van der Waals surface area contributed by atoms with Crippen LogP contribution in [0.25, 0.3) is 0 Å². The van der Waals surface area contributed by atoms with Crippen molar-refractivity contribution in [2.45, 2.75) is 51.6 Å². The van der Waals surface area contributed by atoms with E-state index in [4.69, 9.17) is 5.21 Å². The Balaban J connectivity index is 1.74. The van der Waals surface area contributed by atoms with Gasteiger partial charge in [0.1, 0.15) is 6.54 Å². The van der Waals surface area contributed by atoms with Gasteiger partial charge >= 0.3 is 0 Å². The molecule has 0 aliphatic heterocycles. The second-order valence-corrected chi connectivity index (χ2v) is 8.07. The summed E-state index contributed by atoms with van der Waals surface area (Å²) in [5, 5.41) is 11.8. The maximum Gasteiger partial charge on any atom is 0.274 e. The molecular formula is C24H29N3O4. The van der Waals surface area contributed by atoms with E-state index in [1.807, 2.05) is 19.1 Å². The number of hydrogen-bond donors (Lipinski definition) is 3. The lowest BCUT2D eigenvalue weighted by Gasteiger charge is -2.26. The summed E-state index contributed by atoms with van der Waals surface area (Å²) in [4.78, 5) is 38.9. The Bertz CT molecular complexity index is 903. The zero-order chi connectivity index (χ0) is 22.2. The molecule has 1 aliphatic rings. The smallest absolute Gasteiger partial charge is 0.274 e. The van der Waals surface area contributed by atoms with Gasteiger partial charge in [0, 0.05) is 23.7 Å². The summed E-state index contributed by atoms with van der Waals surface area (Å²) in [5.74, 6) is -0.995. The Morgan fingerprint density at radius 3 is 2.16 bits per heavy atom. The molecule has 31 heavy (non-hydrogen) atoms. The molecule has 1 saturated carbocycles. The van der Waals surface area contributed by atoms with E-state index >= 15 is 0 Å². The van der Waals surface area contributed by atoms with E-state index in [9.17, 15) is 14.4 Å². The minimum Gasteiger partial charge on any atom is -0.352 e. The fourth-order valence-corrected chi connectivity index (χ4v) is 3.82. The Morgan fingerprint density at radius 2 is 1.55 bits per heavy atom. The largest absolute Gasteiger partial charge is 0.352 e. The number of hydroxylamine groups is 1. The van der Waals surface area contributed by atoms with Gasteiger partial charge in [-0.1, -0.05) is 49.1 Å². The van der Waals surface area contributed by atoms with Gasteiger partial charge in [-0.15, -0.1) is 0 Å². The number of carbonyl (C=O) groups excluding carboxylic acids is 3. The Hall–Kier alpha value is -3.19. The molecule has 3 amide bonds. The molecule has 2 aromatic rings. The first-order valence-corrected chi connectivity index (χ1v) is 10.6. The molecule has 1 aliphatic carbocycles. The van der Waals surface area contributed by atoms with Gasteiger partial charge in [-0.25, -0.2) is 5.48 Å². The third-order valence-corrected chi connectivity index (χ3v) is 5.58. The second-order valence-electron chi connectivity index (χ2n) is 8.07. The third kappa shape index (κ3) is 6.39. The lowest BCUT2D eigenvalue weighted by molar-refractivity contribution is -0.122. The van der Waals surface area contributed by atoms with Crippen LogP contribution in [0.3, 0.4) is 0 Å². The van der Waals surface area contributed by atoms with Gasteiger partial charge in [0.2, 0.25) is 5.91 Å². The summed E-state index contributed by atoms with van der Waals surface area (Å²) in [5.41, 5.74) is 4.25. The van der Waals surface area contributed by atoms with Crippen molar-refractivity contribution in [2.75, 3.05) is 6.54 Å². The maximum atomic E-state index is 13.2. The zero-order valence-electron chi connectivity index (χ0n) is 17.8. The topological polar surface area (TPSA) is 98.7 Å². The van der Waals surface area contributed by atoms with Crippen LogP contribution in [0.2, 0.25) is 0 Å². The molecule has 0 heterocycles. The van der Waals surface area contributed by atoms with Crippen molar-refractivity contribution in [3.8, 4) is 0 Å². The predicted molar refractivity (Wildman–Crippen MR) is 117 cm³/mol. The lowest BCUT2D eigenvalue weighted by atomic mass is 9.95. The average Bonchev–Trinajstić information content (AvgIpc) is 2.79. The van der Waals surface area contributed by atoms with Crippen molar-refractivity contribution in [1.82, 2.24) is 15.7 Å². The summed E-state index contributed by atoms with van der Waals surface area (Å²) in [6, 6.07) is 14.0. The molecule has 3 N–H and O–H groups in total. The Kier molecular flexibility index (Phi) is 7.78. The van der Waals surface area contributed by atoms with E-state index in [0.29, 0.717) is 11.1 Å². The highest BCUT2D eigenvalue weighted by atomic mass is 16.5. The van der Waals surface area contributed by atoms with E-state index in [2.05, 4.69) is 5.32 Å². The van der Waals surface area contributed by atoms with Gasteiger partial charge in [-0.05, 0) is 49.6 Å². The average molecular weight is 424 g/mol. The molecule has 7 heteroatoms. The highest BCUT2D eigenvalue weighted by molar-refractivity contribution is 5.96. The molecule has 2 aromatic carbocycles. The van der Waals surface area contributed by atoms with Crippen LogP contribution in [0.15, 0.2) is 48.5 Å². The number of nitrogens with zero attached hydrogens (tertiary/aromatic N) is 1. The van der Waals surface area contributed by atoms with E-state index < -0.39 is 5.91 Å². The standard InChI is InChI=1S/C24H29N3O4/c1-17-7-11-20(12-8-17)24(30)27(16-22(28)25-21-5-3-2-4-6-21)15-18-9-13-19(14-10-18)23(29)26-31/h7-14,21,31H,2-6,15-16H2,1H3,(H,25,28)(H,26,29). The number of hydrogen-bond acceptors (Lipinski definition) is 4. The molecule has 0 spiro atoms. The first-order chi connectivity index (χ1) is 15.0. The summed E-state index contributed by atoms with van der Waals surface area (Å²) >= 11 is 0. The van der Waals surface area contributed by atoms with E-state index in [0.717, 1.165) is 36.8 Å². The molecule has 0 unspecified atom stereocenters. The minimum absolute atomic E-state index is 0.0396. The van der Waals surface area contributed by atoms with Crippen LogP contribution in [0.1, 0.15) is 63.9 Å². The second kappa shape index (κ2) is 10.7. The molecule has 3 rings (SSSR count). The number of nitrogens with one attached hydrogen (secondary N) is 2. The molecule has 0 aromatic heterocycles. The van der Waals surface area contributed by atoms with Crippen LogP contribution in [0.5, 0.6) is 0 Å². The van der Waals surface area contributed by atoms with Crippen molar-refractivity contribution < 1.29 is 19.6 Å². The Morgan fingerprint density at radius 1 is 0.935 bits per heavy atom. The number of rotatable bonds is 7. The number of carbonyl (C=O) groups is 3. The van der Waals surface area contributed by atoms with Crippen LogP contribution in [0.4, 0.5) is 0 Å². The minimum atomic E-state index is -0.606. The molecule has 0 radical (unpaired) electrons. The summed E-state index contributed by atoms with van der Waals surface area (Å²) < 4.78 is 0. The molecule has 7 nitrogen and oxygen atoms in total. The molecular weight excluding hydrogens is 394 g/mol. The monoisotopic (exact) mass is 423 g/mol. The van der Waals surface area contributed by atoms with Crippen molar-refractivity contribution in [3.63, 3.8) is 0 Å². The SMILES string of the molecule is Cc1ccc(C(=O)N(CC(=O)NC2CCCCC2)Cc2ccc(C(=O)NO)cc2)cc1. The lowest BCUT2D eigenvalue weighted by Crippen LogP contribution is -2.44. The van der Waals surface area contributed by atoms with Crippen molar-refractivity contribution in [3.05, 3.63) is 70.8 Å². The van der Waals surface area contributed by atoms with Crippen molar-refractivity contribution >= 4 is 17.7 Å². The fourth-order valence-electron chi connectivity index (χ4n) is 3.82.